The number of imide groups is 2. The van der Waals surface area contributed by atoms with E-state index < -0.39 is 29.7 Å². The topological polar surface area (TPSA) is 168 Å². The first-order valence-electron chi connectivity index (χ1n) is 21.2. The minimum Gasteiger partial charge on any atom is -0.473 e. The Morgan fingerprint density at radius 3 is 2.15 bits per heavy atom. The zero-order valence-corrected chi connectivity index (χ0v) is 35.1. The summed E-state index contributed by atoms with van der Waals surface area (Å²) in [7, 11) is 0. The first-order valence-corrected chi connectivity index (χ1v) is 21.2. The summed E-state index contributed by atoms with van der Waals surface area (Å²) in [6.07, 6.45) is 2.85. The van der Waals surface area contributed by atoms with E-state index in [4.69, 9.17) is 4.74 Å². The summed E-state index contributed by atoms with van der Waals surface area (Å²) < 4.78 is 6.42. The second-order valence-electron chi connectivity index (χ2n) is 18.1. The third-order valence-corrected chi connectivity index (χ3v) is 13.5. The maximum Gasteiger partial charge on any atom is 0.262 e. The molecule has 1 atom stereocenters. The number of nitrogens with one attached hydrogen (secondary N) is 2. The summed E-state index contributed by atoms with van der Waals surface area (Å²) in [6.45, 7) is 16.7. The van der Waals surface area contributed by atoms with E-state index in [2.05, 4.69) is 64.1 Å². The van der Waals surface area contributed by atoms with E-state index in [9.17, 15) is 29.2 Å². The van der Waals surface area contributed by atoms with Crippen molar-refractivity contribution in [1.29, 1.82) is 5.26 Å². The Labute approximate surface area is 351 Å². The lowest BCUT2D eigenvalue weighted by Crippen LogP contribution is -2.74. The number of carbonyl (C=O) groups excluding carboxylic acids is 5. The lowest BCUT2D eigenvalue weighted by molar-refractivity contribution is -0.165. The van der Waals surface area contributed by atoms with Gasteiger partial charge in [0.25, 0.3) is 17.7 Å². The van der Waals surface area contributed by atoms with Crippen LogP contribution < -0.4 is 25.2 Å². The molecule has 4 aliphatic heterocycles. The normalized spacial score (nSPS) is 24.1. The molecule has 14 nitrogen and oxygen atoms in total. The van der Waals surface area contributed by atoms with E-state index in [1.807, 2.05) is 37.3 Å². The van der Waals surface area contributed by atoms with Crippen molar-refractivity contribution >= 4 is 40.9 Å². The van der Waals surface area contributed by atoms with E-state index in [0.717, 1.165) is 74.9 Å². The molecule has 60 heavy (non-hydrogen) atoms. The highest BCUT2D eigenvalue weighted by molar-refractivity contribution is 6.23. The van der Waals surface area contributed by atoms with Crippen LogP contribution >= 0.6 is 0 Å². The van der Waals surface area contributed by atoms with Gasteiger partial charge >= 0.3 is 0 Å². The molecule has 5 heterocycles. The molecule has 0 radical (unpaired) electrons. The summed E-state index contributed by atoms with van der Waals surface area (Å²) in [5, 5.41) is 14.9. The van der Waals surface area contributed by atoms with Crippen molar-refractivity contribution in [1.82, 2.24) is 25.4 Å². The molecule has 0 bridgehead atoms. The van der Waals surface area contributed by atoms with Gasteiger partial charge in [0.15, 0.2) is 0 Å². The second kappa shape index (κ2) is 16.0. The molecular weight excluding hydrogens is 761 g/mol. The van der Waals surface area contributed by atoms with Crippen molar-refractivity contribution in [3.63, 3.8) is 0 Å². The van der Waals surface area contributed by atoms with Gasteiger partial charge in [-0.15, -0.1) is 0 Å². The summed E-state index contributed by atoms with van der Waals surface area (Å²) in [5.41, 5.74) is 3.80. The van der Waals surface area contributed by atoms with Gasteiger partial charge in [0.1, 0.15) is 18.2 Å². The molecule has 2 aromatic carbocycles. The molecule has 3 aromatic rings. The molecule has 314 valence electrons. The number of anilines is 2. The number of piperidine rings is 2. The van der Waals surface area contributed by atoms with E-state index >= 15 is 0 Å². The largest absolute Gasteiger partial charge is 0.473 e. The van der Waals surface area contributed by atoms with Crippen molar-refractivity contribution in [3.8, 4) is 11.9 Å². The highest BCUT2D eigenvalue weighted by Gasteiger charge is 2.64. The van der Waals surface area contributed by atoms with E-state index in [1.54, 1.807) is 24.3 Å². The Morgan fingerprint density at radius 2 is 1.50 bits per heavy atom. The number of aryl methyl sites for hydroxylation is 1. The second-order valence-corrected chi connectivity index (χ2v) is 18.1. The van der Waals surface area contributed by atoms with Crippen LogP contribution in [0.25, 0.3) is 0 Å². The molecule has 1 aromatic heterocycles. The van der Waals surface area contributed by atoms with Gasteiger partial charge in [0, 0.05) is 92.1 Å². The molecule has 4 fully saturated rings. The van der Waals surface area contributed by atoms with Crippen LogP contribution in [0.4, 0.5) is 11.4 Å². The molecule has 14 heteroatoms. The Hall–Kier alpha value is -5.81. The van der Waals surface area contributed by atoms with Crippen LogP contribution in [0, 0.1) is 28.1 Å². The fourth-order valence-electron chi connectivity index (χ4n) is 10.5. The van der Waals surface area contributed by atoms with Gasteiger partial charge in [-0.2, -0.15) is 5.26 Å². The van der Waals surface area contributed by atoms with Gasteiger partial charge in [0.05, 0.1) is 22.4 Å². The predicted molar refractivity (Wildman–Crippen MR) is 225 cm³/mol. The number of rotatable bonds is 10. The first kappa shape index (κ1) is 40.9. The van der Waals surface area contributed by atoms with Crippen molar-refractivity contribution in [3.05, 3.63) is 82.5 Å². The smallest absolute Gasteiger partial charge is 0.262 e. The highest BCUT2D eigenvalue weighted by atomic mass is 16.5. The number of nitriles is 1. The van der Waals surface area contributed by atoms with E-state index in [-0.39, 0.29) is 41.7 Å². The number of carbonyl (C=O) groups is 5. The quantitative estimate of drug-likeness (QED) is 0.275. The molecule has 1 unspecified atom stereocenters. The van der Waals surface area contributed by atoms with Gasteiger partial charge in [-0.25, -0.2) is 4.98 Å². The summed E-state index contributed by atoms with van der Waals surface area (Å²) in [6, 6.07) is 17.9. The van der Waals surface area contributed by atoms with Crippen LogP contribution in [0.2, 0.25) is 0 Å². The van der Waals surface area contributed by atoms with Gasteiger partial charge in [-0.05, 0) is 80.1 Å². The molecule has 8 rings (SSSR count). The van der Waals surface area contributed by atoms with E-state index in [0.29, 0.717) is 46.2 Å². The molecule has 1 saturated carbocycles. The number of hydrogen-bond donors (Lipinski definition) is 2. The van der Waals surface area contributed by atoms with Crippen LogP contribution in [-0.4, -0.2) is 108 Å². The van der Waals surface area contributed by atoms with Crippen LogP contribution in [0.3, 0.4) is 0 Å². The maximum atomic E-state index is 13.6. The van der Waals surface area contributed by atoms with Crippen LogP contribution in [-0.2, 0) is 16.0 Å². The third kappa shape index (κ3) is 7.48. The van der Waals surface area contributed by atoms with Crippen LogP contribution in [0.1, 0.15) is 103 Å². The Kier molecular flexibility index (Phi) is 10.9. The molecule has 5 aliphatic rings. The average molecular weight is 815 g/mol. The number of ether oxygens (including phenoxy) is 1. The molecular formula is C46H54N8O6. The minimum absolute atomic E-state index is 0.0912. The standard InChI is InChI=1S/C46H54N8O6/c1-6-35-30(26-47)9-16-38(48-35)60-44-45(2,3)43(46(44,4)5)50-39(56)29-7-10-31(11-8-29)52-19-17-28(18-20-52)27-51-21-23-53(24-22-51)32-12-13-33-34(25-32)42(59)54(41(33)58)36-14-15-37(55)49-40(36)57/h7-13,16,25,28,36,43-44H,6,14-15,17-24,27H2,1-5H3,(H,50,56)(H,49,55,57). The number of nitrogens with zero attached hydrogens (tertiary/aromatic N) is 6. The zero-order valence-electron chi connectivity index (χ0n) is 35.1. The SMILES string of the molecule is CCc1nc(OC2C(C)(C)C(NC(=O)c3ccc(N4CCC(CN5CCN(c6ccc7c(c6)C(=O)N(C6CCC(=O)NC6=O)C7=O)CC5)CC4)cc3)C2(C)C)ccc1C#N. The van der Waals surface area contributed by atoms with Gasteiger partial charge in [0.2, 0.25) is 17.7 Å². The lowest BCUT2D eigenvalue weighted by Gasteiger charge is -2.62. The average Bonchev–Trinajstić information content (AvgIpc) is 3.49. The van der Waals surface area contributed by atoms with E-state index in [1.165, 1.54) is 0 Å². The third-order valence-electron chi connectivity index (χ3n) is 13.5. The van der Waals surface area contributed by atoms with Crippen LogP contribution in [0.15, 0.2) is 54.6 Å². The fraction of sp³-hybridized carbons (Fsp3) is 0.500. The molecule has 1 aliphatic carbocycles. The van der Waals surface area contributed by atoms with Gasteiger partial charge in [-0.1, -0.05) is 34.6 Å². The van der Waals surface area contributed by atoms with Crippen molar-refractivity contribution in [2.45, 2.75) is 84.9 Å². The minimum atomic E-state index is -0.974. The van der Waals surface area contributed by atoms with Gasteiger partial charge in [-0.3, -0.25) is 39.1 Å². The molecule has 0 spiro atoms. The summed E-state index contributed by atoms with van der Waals surface area (Å²) in [5.74, 6) is -0.996. The number of amides is 5. The first-order chi connectivity index (χ1) is 28.7. The Bertz CT molecular complexity index is 2230. The monoisotopic (exact) mass is 814 g/mol. The number of fused-ring (bicyclic) bond motifs is 1. The number of hydrogen-bond acceptors (Lipinski definition) is 11. The Morgan fingerprint density at radius 1 is 0.850 bits per heavy atom. The summed E-state index contributed by atoms with van der Waals surface area (Å²) in [4.78, 5) is 76.9. The van der Waals surface area contributed by atoms with Crippen molar-refractivity contribution in [2.24, 2.45) is 16.7 Å². The zero-order chi connectivity index (χ0) is 42.5. The molecule has 5 amide bonds. The Balaban J connectivity index is 0.790. The number of benzene rings is 2. The summed E-state index contributed by atoms with van der Waals surface area (Å²) >= 11 is 0. The highest BCUT2D eigenvalue weighted by Crippen LogP contribution is 2.55. The van der Waals surface area contributed by atoms with Gasteiger partial charge < -0.3 is 19.9 Å². The maximum absolute atomic E-state index is 13.6. The number of piperazine rings is 1. The molecule has 2 N–H and O–H groups in total. The predicted octanol–water partition coefficient (Wildman–Crippen LogP) is 4.57. The van der Waals surface area contributed by atoms with Crippen molar-refractivity contribution < 1.29 is 28.7 Å². The molecule has 3 saturated heterocycles. The lowest BCUT2D eigenvalue weighted by atomic mass is 9.49. The fourth-order valence-corrected chi connectivity index (χ4v) is 10.5. The van der Waals surface area contributed by atoms with Crippen LogP contribution in [0.5, 0.6) is 5.88 Å². The number of aromatic nitrogens is 1. The van der Waals surface area contributed by atoms with Crippen molar-refractivity contribution in [2.75, 3.05) is 55.6 Å². The number of pyridine rings is 1.